The number of rotatable bonds is 2. The average Bonchev–Trinajstić information content (AvgIpc) is 2.89. The van der Waals surface area contributed by atoms with Gasteiger partial charge < -0.3 is 33.4 Å². The topological polar surface area (TPSA) is 17.1 Å². The molecule has 0 aromatic rings. The molecule has 0 fully saturated rings. The summed E-state index contributed by atoms with van der Waals surface area (Å²) in [6, 6.07) is 8.86. The number of quaternary nitrogens is 1. The Bertz CT molecular complexity index is 1100. The van der Waals surface area contributed by atoms with Crippen LogP contribution in [-0.2, 0) is 32.6 Å². The Morgan fingerprint density at radius 2 is 1.80 bits per heavy atom. The number of halogens is 2. The number of hydrogen-bond acceptors (Lipinski definition) is 1. The largest absolute Gasteiger partial charge is 1.00 e. The molecule has 4 rings (SSSR count). The van der Waals surface area contributed by atoms with Gasteiger partial charge in [0.1, 0.15) is 0 Å². The summed E-state index contributed by atoms with van der Waals surface area (Å²) in [4.78, 5) is 0. The van der Waals surface area contributed by atoms with E-state index in [2.05, 4.69) is 95.6 Å². The average molecular weight is 493 g/mol. The van der Waals surface area contributed by atoms with Gasteiger partial charge >= 0.3 is 8.84 Å². The van der Waals surface area contributed by atoms with Gasteiger partial charge in [0.05, 0.1) is 25.2 Å². The molecule has 0 radical (unpaired) electrons. The Morgan fingerprint density at radius 1 is 1.10 bits per heavy atom. The van der Waals surface area contributed by atoms with Gasteiger partial charge in [-0.15, -0.1) is 0 Å². The molecule has 4 aliphatic carbocycles. The number of hydrogen-bond donors (Lipinski definition) is 0. The monoisotopic (exact) mass is 492 g/mol. The van der Waals surface area contributed by atoms with Crippen molar-refractivity contribution < 1.29 is 55.1 Å². The van der Waals surface area contributed by atoms with E-state index in [0.717, 1.165) is 6.42 Å². The molecule has 1 unspecified atom stereocenters. The molecule has 0 aromatic carbocycles. The van der Waals surface area contributed by atoms with E-state index < -0.39 is 8.84 Å². The molecule has 4 aliphatic rings. The first-order valence-corrected chi connectivity index (χ1v) is 11.1. The molecular formula is C24H28Cl2NOSiTi-. The van der Waals surface area contributed by atoms with E-state index in [9.17, 15) is 4.46 Å². The van der Waals surface area contributed by atoms with E-state index in [4.69, 9.17) is 0 Å². The van der Waals surface area contributed by atoms with E-state index in [1.165, 1.54) is 32.7 Å². The van der Waals surface area contributed by atoms with Gasteiger partial charge in [-0.3, -0.25) is 0 Å². The van der Waals surface area contributed by atoms with Gasteiger partial charge in [-0.25, -0.2) is 0 Å². The minimum atomic E-state index is -1.93. The summed E-state index contributed by atoms with van der Waals surface area (Å²) in [5.41, 5.74) is 5.15. The molecular weight excluding hydrogens is 465 g/mol. The quantitative estimate of drug-likeness (QED) is 0.429. The van der Waals surface area contributed by atoms with Gasteiger partial charge in [-0.1, -0.05) is 54.7 Å². The molecule has 0 amide bonds. The maximum Gasteiger partial charge on any atom is 0.564 e. The van der Waals surface area contributed by atoms with Gasteiger partial charge in [0.15, 0.2) is 0 Å². The van der Waals surface area contributed by atoms with Crippen molar-refractivity contribution in [2.45, 2.75) is 38.3 Å². The van der Waals surface area contributed by atoms with Crippen LogP contribution in [0.15, 0.2) is 42.5 Å². The summed E-state index contributed by atoms with van der Waals surface area (Å²) in [5, 5.41) is 2.55. The number of nitrogens with zero attached hydrogens (tertiary/aromatic N) is 1. The zero-order valence-electron chi connectivity index (χ0n) is 18.2. The SMILES string of the molecule is CC(C)(C)[N+](C)(C)[Si](=O)C1C=Cc2cccc3c4c(cc-3c2=C1)=CC=CC4.[Cl-].[Cl-].[Ti]. The fraction of sp³-hybridized carbons (Fsp3) is 0.333. The second-order valence-corrected chi connectivity index (χ2v) is 11.6. The molecule has 0 heterocycles. The third-order valence-electron chi connectivity index (χ3n) is 6.48. The fourth-order valence-electron chi connectivity index (χ4n) is 3.91. The van der Waals surface area contributed by atoms with Crippen LogP contribution < -0.4 is 35.3 Å². The Balaban J connectivity index is 0.00000150. The van der Waals surface area contributed by atoms with Crippen molar-refractivity contribution in [1.82, 2.24) is 0 Å². The molecule has 30 heavy (non-hydrogen) atoms. The van der Waals surface area contributed by atoms with Gasteiger partial charge in [0.2, 0.25) is 0 Å². The molecule has 6 heteroatoms. The van der Waals surface area contributed by atoms with Crippen LogP contribution in [0.1, 0.15) is 31.9 Å². The maximum absolute atomic E-state index is 13.5. The number of fused-ring (bicyclic) bond motifs is 5. The van der Waals surface area contributed by atoms with Crippen molar-refractivity contribution in [2.75, 3.05) is 14.1 Å². The first kappa shape index (κ1) is 27.2. The first-order chi connectivity index (χ1) is 12.7. The Morgan fingerprint density at radius 3 is 2.47 bits per heavy atom. The third-order valence-corrected chi connectivity index (χ3v) is 9.18. The van der Waals surface area contributed by atoms with Crippen molar-refractivity contribution in [2.24, 2.45) is 0 Å². The molecule has 2 nitrogen and oxygen atoms in total. The van der Waals surface area contributed by atoms with Crippen molar-refractivity contribution in [1.29, 1.82) is 0 Å². The Labute approximate surface area is 208 Å². The van der Waals surface area contributed by atoms with Crippen molar-refractivity contribution >= 4 is 27.1 Å². The third kappa shape index (κ3) is 4.53. The van der Waals surface area contributed by atoms with E-state index in [-0.39, 0.29) is 57.6 Å². The summed E-state index contributed by atoms with van der Waals surface area (Å²) in [6.07, 6.45) is 14.1. The molecule has 0 spiro atoms. The van der Waals surface area contributed by atoms with E-state index >= 15 is 0 Å². The first-order valence-electron chi connectivity index (χ1n) is 9.70. The smallest absolute Gasteiger partial charge is 0.564 e. The predicted octanol–water partition coefficient (Wildman–Crippen LogP) is -2.34. The van der Waals surface area contributed by atoms with Crippen molar-refractivity contribution in [3.05, 3.63) is 64.1 Å². The predicted molar refractivity (Wildman–Crippen MR) is 115 cm³/mol. The van der Waals surface area contributed by atoms with Gasteiger partial charge in [0.25, 0.3) is 0 Å². The molecule has 0 bridgehead atoms. The normalized spacial score (nSPS) is 16.6. The van der Waals surface area contributed by atoms with E-state index in [1.54, 1.807) is 0 Å². The summed E-state index contributed by atoms with van der Waals surface area (Å²) >= 11 is 0. The standard InChI is InChI=1S/C24H28NOSi.2ClH.Ti/c1-24(2,3)25(4,5)27(26)19-14-13-17-10-8-12-21-20-11-7-6-9-18(20)15-23(21)22(17)16-19;;;/h6-10,12-16,19H,11H2,1-5H3;2*1H;/q+1;;;/p-2. The molecule has 1 atom stereocenters. The minimum absolute atomic E-state index is 0. The molecule has 0 aromatic heterocycles. The summed E-state index contributed by atoms with van der Waals surface area (Å²) < 4.78 is 14.1. The summed E-state index contributed by atoms with van der Waals surface area (Å²) in [5.74, 6) is 0. The Hall–Kier alpha value is -0.809. The van der Waals surface area contributed by atoms with Gasteiger partial charge in [-0.05, 0) is 65.9 Å². The molecule has 0 aliphatic heterocycles. The van der Waals surface area contributed by atoms with Crippen LogP contribution in [0.5, 0.6) is 0 Å². The second kappa shape index (κ2) is 9.77. The molecule has 0 N–H and O–H groups in total. The fourth-order valence-corrected chi connectivity index (χ4v) is 5.89. The second-order valence-electron chi connectivity index (χ2n) is 9.11. The van der Waals surface area contributed by atoms with Crippen LogP contribution in [-0.4, -0.2) is 32.6 Å². The van der Waals surface area contributed by atoms with Crippen LogP contribution in [0, 0.1) is 0 Å². The van der Waals surface area contributed by atoms with Gasteiger partial charge in [0, 0.05) is 21.7 Å². The zero-order valence-corrected chi connectivity index (χ0v) is 22.2. The van der Waals surface area contributed by atoms with Crippen LogP contribution in [0.3, 0.4) is 0 Å². The molecule has 0 saturated heterocycles. The Kier molecular flexibility index (Phi) is 8.87. The number of allylic oxidation sites excluding steroid dienone is 3. The van der Waals surface area contributed by atoms with Crippen molar-refractivity contribution in [3.8, 4) is 11.1 Å². The van der Waals surface area contributed by atoms with E-state index in [0.29, 0.717) is 4.15 Å². The van der Waals surface area contributed by atoms with Crippen LogP contribution >= 0.6 is 0 Å². The van der Waals surface area contributed by atoms with Gasteiger partial charge in [-0.2, -0.15) is 0 Å². The van der Waals surface area contributed by atoms with E-state index in [1.807, 2.05) is 0 Å². The zero-order chi connectivity index (χ0) is 19.4. The molecule has 0 saturated carbocycles. The maximum atomic E-state index is 13.5. The van der Waals surface area contributed by atoms with Crippen molar-refractivity contribution in [3.63, 3.8) is 0 Å². The molecule has 158 valence electrons. The van der Waals surface area contributed by atoms with Crippen LogP contribution in [0.25, 0.3) is 29.4 Å². The van der Waals surface area contributed by atoms with Crippen LogP contribution in [0.4, 0.5) is 0 Å². The summed E-state index contributed by atoms with van der Waals surface area (Å²) in [6.45, 7) is 6.51. The van der Waals surface area contributed by atoms with Crippen LogP contribution in [0.2, 0.25) is 5.54 Å². The summed E-state index contributed by atoms with van der Waals surface area (Å²) in [7, 11) is 2.26. The minimum Gasteiger partial charge on any atom is -1.00 e.